The first kappa shape index (κ1) is 15.1. The highest BCUT2D eigenvalue weighted by Crippen LogP contribution is 2.33. The molecule has 0 unspecified atom stereocenters. The standard InChI is InChI=1S/C16H14F3NO/c1-10-4-3-5-13(15(21)20-2)14(10)11-6-8-12(9-7-11)16(17,18)19/h3-9H,1-2H3,(H,20,21). The van der Waals surface area contributed by atoms with E-state index in [-0.39, 0.29) is 5.91 Å². The second-order valence-corrected chi connectivity index (χ2v) is 4.65. The highest BCUT2D eigenvalue weighted by atomic mass is 19.4. The Morgan fingerprint density at radius 2 is 1.67 bits per heavy atom. The maximum Gasteiger partial charge on any atom is 0.416 e. The van der Waals surface area contributed by atoms with Crippen LogP contribution in [0.4, 0.5) is 13.2 Å². The van der Waals surface area contributed by atoms with Gasteiger partial charge in [-0.3, -0.25) is 4.79 Å². The van der Waals surface area contributed by atoms with Crippen LogP contribution in [0.3, 0.4) is 0 Å². The predicted molar refractivity (Wildman–Crippen MR) is 75.0 cm³/mol. The molecule has 5 heteroatoms. The molecule has 0 aliphatic carbocycles. The lowest BCUT2D eigenvalue weighted by atomic mass is 9.94. The van der Waals surface area contributed by atoms with Crippen molar-refractivity contribution < 1.29 is 18.0 Å². The highest BCUT2D eigenvalue weighted by molar-refractivity contribution is 6.01. The number of nitrogens with one attached hydrogen (secondary N) is 1. The van der Waals surface area contributed by atoms with Gasteiger partial charge in [0.1, 0.15) is 0 Å². The monoisotopic (exact) mass is 293 g/mol. The topological polar surface area (TPSA) is 29.1 Å². The summed E-state index contributed by atoms with van der Waals surface area (Å²) < 4.78 is 37.8. The first-order chi connectivity index (χ1) is 9.84. The molecule has 0 bridgehead atoms. The van der Waals surface area contributed by atoms with Crippen LogP contribution in [-0.4, -0.2) is 13.0 Å². The first-order valence-electron chi connectivity index (χ1n) is 6.34. The summed E-state index contributed by atoms with van der Waals surface area (Å²) in [6.45, 7) is 1.82. The van der Waals surface area contributed by atoms with E-state index in [4.69, 9.17) is 0 Å². The van der Waals surface area contributed by atoms with Crippen LogP contribution in [0, 0.1) is 6.92 Å². The van der Waals surface area contributed by atoms with E-state index < -0.39 is 11.7 Å². The number of hydrogen-bond donors (Lipinski definition) is 1. The van der Waals surface area contributed by atoms with Crippen molar-refractivity contribution in [1.82, 2.24) is 5.32 Å². The van der Waals surface area contributed by atoms with Gasteiger partial charge >= 0.3 is 6.18 Å². The van der Waals surface area contributed by atoms with Crippen LogP contribution >= 0.6 is 0 Å². The fourth-order valence-corrected chi connectivity index (χ4v) is 2.20. The van der Waals surface area contributed by atoms with Crippen molar-refractivity contribution in [3.05, 3.63) is 59.2 Å². The minimum atomic E-state index is -4.37. The molecule has 2 aromatic carbocycles. The highest BCUT2D eigenvalue weighted by Gasteiger charge is 2.30. The van der Waals surface area contributed by atoms with Gasteiger partial charge in [0, 0.05) is 12.6 Å². The minimum absolute atomic E-state index is 0.270. The Morgan fingerprint density at radius 1 is 1.05 bits per heavy atom. The van der Waals surface area contributed by atoms with Crippen molar-refractivity contribution in [3.8, 4) is 11.1 Å². The fraction of sp³-hybridized carbons (Fsp3) is 0.188. The van der Waals surface area contributed by atoms with Crippen LogP contribution < -0.4 is 5.32 Å². The third-order valence-electron chi connectivity index (χ3n) is 3.25. The molecule has 0 aromatic heterocycles. The van der Waals surface area contributed by atoms with E-state index in [0.29, 0.717) is 16.7 Å². The fourth-order valence-electron chi connectivity index (χ4n) is 2.20. The Bertz CT molecular complexity index is 660. The third kappa shape index (κ3) is 3.07. The minimum Gasteiger partial charge on any atom is -0.355 e. The Kier molecular flexibility index (Phi) is 4.02. The lowest BCUT2D eigenvalue weighted by Crippen LogP contribution is -2.19. The number of hydrogen-bond acceptors (Lipinski definition) is 1. The molecule has 2 nitrogen and oxygen atoms in total. The lowest BCUT2D eigenvalue weighted by molar-refractivity contribution is -0.137. The van der Waals surface area contributed by atoms with Crippen LogP contribution in [0.15, 0.2) is 42.5 Å². The van der Waals surface area contributed by atoms with Gasteiger partial charge in [-0.25, -0.2) is 0 Å². The molecule has 1 N–H and O–H groups in total. The average Bonchev–Trinajstić information content (AvgIpc) is 2.45. The second-order valence-electron chi connectivity index (χ2n) is 4.65. The number of rotatable bonds is 2. The first-order valence-corrected chi connectivity index (χ1v) is 6.34. The van der Waals surface area contributed by atoms with Crippen molar-refractivity contribution in [1.29, 1.82) is 0 Å². The van der Waals surface area contributed by atoms with E-state index in [2.05, 4.69) is 5.32 Å². The second kappa shape index (κ2) is 5.60. The van der Waals surface area contributed by atoms with Crippen molar-refractivity contribution in [2.24, 2.45) is 0 Å². The summed E-state index contributed by atoms with van der Waals surface area (Å²) >= 11 is 0. The van der Waals surface area contributed by atoms with Crippen molar-refractivity contribution in [2.75, 3.05) is 7.05 Å². The van der Waals surface area contributed by atoms with Crippen molar-refractivity contribution >= 4 is 5.91 Å². The maximum absolute atomic E-state index is 12.6. The van der Waals surface area contributed by atoms with E-state index in [1.54, 1.807) is 12.1 Å². The van der Waals surface area contributed by atoms with Crippen molar-refractivity contribution in [3.63, 3.8) is 0 Å². The van der Waals surface area contributed by atoms with Crippen molar-refractivity contribution in [2.45, 2.75) is 13.1 Å². The van der Waals surface area contributed by atoms with Gasteiger partial charge < -0.3 is 5.32 Å². The Hall–Kier alpha value is -2.30. The molecule has 0 aliphatic rings. The van der Waals surface area contributed by atoms with Gasteiger partial charge in [-0.1, -0.05) is 24.3 Å². The molecule has 21 heavy (non-hydrogen) atoms. The smallest absolute Gasteiger partial charge is 0.355 e. The van der Waals surface area contributed by atoms with Crippen LogP contribution in [0.2, 0.25) is 0 Å². The predicted octanol–water partition coefficient (Wildman–Crippen LogP) is 4.04. The number of alkyl halides is 3. The average molecular weight is 293 g/mol. The lowest BCUT2D eigenvalue weighted by Gasteiger charge is -2.13. The molecule has 0 saturated carbocycles. The third-order valence-corrected chi connectivity index (χ3v) is 3.25. The zero-order valence-electron chi connectivity index (χ0n) is 11.6. The largest absolute Gasteiger partial charge is 0.416 e. The van der Waals surface area contributed by atoms with E-state index in [0.717, 1.165) is 17.7 Å². The van der Waals surface area contributed by atoms with Crippen LogP contribution in [0.25, 0.3) is 11.1 Å². The zero-order valence-corrected chi connectivity index (χ0v) is 11.6. The summed E-state index contributed by atoms with van der Waals surface area (Å²) in [5.74, 6) is -0.270. The van der Waals surface area contributed by atoms with Gasteiger partial charge in [0.15, 0.2) is 0 Å². The molecule has 0 heterocycles. The molecule has 0 spiro atoms. The van der Waals surface area contributed by atoms with Gasteiger partial charge in [-0.05, 0) is 41.8 Å². The number of halogens is 3. The maximum atomic E-state index is 12.6. The Morgan fingerprint density at radius 3 is 2.19 bits per heavy atom. The number of carbonyl (C=O) groups is 1. The molecule has 0 atom stereocenters. The van der Waals surface area contributed by atoms with Gasteiger partial charge in [0.05, 0.1) is 5.56 Å². The molecule has 0 aliphatic heterocycles. The summed E-state index contributed by atoms with van der Waals surface area (Å²) in [6.07, 6.45) is -4.37. The quantitative estimate of drug-likeness (QED) is 0.889. The van der Waals surface area contributed by atoms with E-state index >= 15 is 0 Å². The van der Waals surface area contributed by atoms with Gasteiger partial charge in [-0.15, -0.1) is 0 Å². The molecule has 110 valence electrons. The SMILES string of the molecule is CNC(=O)c1cccc(C)c1-c1ccc(C(F)(F)F)cc1. The summed E-state index contributed by atoms with van der Waals surface area (Å²) in [5.41, 5.74) is 1.79. The Balaban J connectivity index is 2.54. The summed E-state index contributed by atoms with van der Waals surface area (Å²) in [5, 5.41) is 2.54. The molecular formula is C16H14F3NO. The van der Waals surface area contributed by atoms with E-state index in [1.807, 2.05) is 13.0 Å². The molecular weight excluding hydrogens is 279 g/mol. The molecule has 0 radical (unpaired) electrons. The Labute approximate surface area is 120 Å². The van der Waals surface area contributed by atoms with Crippen LogP contribution in [0.5, 0.6) is 0 Å². The summed E-state index contributed by atoms with van der Waals surface area (Å²) in [4.78, 5) is 11.9. The number of amides is 1. The molecule has 2 rings (SSSR count). The number of carbonyl (C=O) groups excluding carboxylic acids is 1. The van der Waals surface area contributed by atoms with E-state index in [1.165, 1.54) is 19.2 Å². The van der Waals surface area contributed by atoms with Gasteiger partial charge in [0.2, 0.25) is 0 Å². The zero-order chi connectivity index (χ0) is 15.6. The number of aryl methyl sites for hydroxylation is 1. The molecule has 0 saturated heterocycles. The molecule has 2 aromatic rings. The van der Waals surface area contributed by atoms with Gasteiger partial charge in [0.25, 0.3) is 5.91 Å². The van der Waals surface area contributed by atoms with Gasteiger partial charge in [-0.2, -0.15) is 13.2 Å². The summed E-state index contributed by atoms with van der Waals surface area (Å²) in [6, 6.07) is 10.0. The molecule has 1 amide bonds. The number of benzene rings is 2. The molecule has 0 fully saturated rings. The van der Waals surface area contributed by atoms with Crippen LogP contribution in [-0.2, 0) is 6.18 Å². The van der Waals surface area contributed by atoms with E-state index in [9.17, 15) is 18.0 Å². The van der Waals surface area contributed by atoms with Crippen LogP contribution in [0.1, 0.15) is 21.5 Å². The normalized spacial score (nSPS) is 11.3. The summed E-state index contributed by atoms with van der Waals surface area (Å²) in [7, 11) is 1.52.